The molecule has 0 saturated carbocycles. The Morgan fingerprint density at radius 2 is 2.14 bits per heavy atom. The van der Waals surface area contributed by atoms with E-state index in [0.717, 1.165) is 37.3 Å². The molecule has 0 bridgehead atoms. The maximum absolute atomic E-state index is 12.1. The summed E-state index contributed by atoms with van der Waals surface area (Å²) in [6.45, 7) is 1.77. The number of aromatic nitrogens is 2. The molecular formula is C15H19ClN4O. The quantitative estimate of drug-likeness (QED) is 0.914. The van der Waals surface area contributed by atoms with E-state index in [-0.39, 0.29) is 24.2 Å². The Balaban J connectivity index is 0.00000161. The van der Waals surface area contributed by atoms with Crippen molar-refractivity contribution in [2.45, 2.75) is 12.8 Å². The lowest BCUT2D eigenvalue weighted by molar-refractivity contribution is -0.120. The Labute approximate surface area is 130 Å². The number of amides is 1. The van der Waals surface area contributed by atoms with Gasteiger partial charge in [0.2, 0.25) is 5.91 Å². The van der Waals surface area contributed by atoms with Gasteiger partial charge in [-0.1, -0.05) is 18.2 Å². The molecule has 0 radical (unpaired) electrons. The zero-order chi connectivity index (χ0) is 13.8. The highest BCUT2D eigenvalue weighted by molar-refractivity contribution is 5.92. The van der Waals surface area contributed by atoms with Gasteiger partial charge in [0, 0.05) is 6.54 Å². The Morgan fingerprint density at radius 3 is 2.86 bits per heavy atom. The number of para-hydroxylation sites is 1. The van der Waals surface area contributed by atoms with Crippen LogP contribution in [0.5, 0.6) is 0 Å². The van der Waals surface area contributed by atoms with Crippen molar-refractivity contribution in [3.05, 3.63) is 42.7 Å². The van der Waals surface area contributed by atoms with E-state index in [1.807, 2.05) is 36.5 Å². The fourth-order valence-electron chi connectivity index (χ4n) is 2.43. The van der Waals surface area contributed by atoms with Crippen molar-refractivity contribution in [1.82, 2.24) is 15.1 Å². The van der Waals surface area contributed by atoms with Crippen molar-refractivity contribution in [3.8, 4) is 5.69 Å². The molecule has 0 spiro atoms. The van der Waals surface area contributed by atoms with E-state index in [4.69, 9.17) is 0 Å². The van der Waals surface area contributed by atoms with Crippen LogP contribution < -0.4 is 10.6 Å². The Hall–Kier alpha value is -1.85. The minimum Gasteiger partial charge on any atom is -0.323 e. The van der Waals surface area contributed by atoms with E-state index in [1.165, 1.54) is 0 Å². The first-order valence-electron chi connectivity index (χ1n) is 6.94. The monoisotopic (exact) mass is 306 g/mol. The van der Waals surface area contributed by atoms with Crippen molar-refractivity contribution in [3.63, 3.8) is 0 Å². The molecule has 1 atom stereocenters. The number of rotatable bonds is 3. The van der Waals surface area contributed by atoms with Gasteiger partial charge in [0.1, 0.15) is 0 Å². The first-order chi connectivity index (χ1) is 9.83. The number of halogens is 1. The van der Waals surface area contributed by atoms with Gasteiger partial charge in [-0.25, -0.2) is 4.68 Å². The van der Waals surface area contributed by atoms with E-state index in [1.54, 1.807) is 10.9 Å². The van der Waals surface area contributed by atoms with Crippen molar-refractivity contribution in [1.29, 1.82) is 0 Å². The predicted molar refractivity (Wildman–Crippen MR) is 85.0 cm³/mol. The van der Waals surface area contributed by atoms with E-state index in [2.05, 4.69) is 15.7 Å². The number of piperidine rings is 1. The highest BCUT2D eigenvalue weighted by atomic mass is 35.5. The molecule has 1 aliphatic rings. The van der Waals surface area contributed by atoms with Gasteiger partial charge in [0.05, 0.1) is 29.7 Å². The second kappa shape index (κ2) is 7.24. The summed E-state index contributed by atoms with van der Waals surface area (Å²) in [4.78, 5) is 12.1. The number of anilines is 1. The van der Waals surface area contributed by atoms with Crippen molar-refractivity contribution < 1.29 is 4.79 Å². The summed E-state index contributed by atoms with van der Waals surface area (Å²) < 4.78 is 1.76. The van der Waals surface area contributed by atoms with Crippen LogP contribution in [-0.2, 0) is 4.79 Å². The van der Waals surface area contributed by atoms with Gasteiger partial charge in [-0.3, -0.25) is 4.79 Å². The zero-order valence-electron chi connectivity index (χ0n) is 11.7. The van der Waals surface area contributed by atoms with Crippen LogP contribution in [0.25, 0.3) is 5.69 Å². The van der Waals surface area contributed by atoms with Crippen LogP contribution in [0, 0.1) is 5.92 Å². The molecule has 1 saturated heterocycles. The van der Waals surface area contributed by atoms with Crippen LogP contribution in [-0.4, -0.2) is 28.8 Å². The van der Waals surface area contributed by atoms with Gasteiger partial charge in [-0.15, -0.1) is 12.4 Å². The Morgan fingerprint density at radius 1 is 1.33 bits per heavy atom. The molecular weight excluding hydrogens is 288 g/mol. The minimum absolute atomic E-state index is 0. The first-order valence-corrected chi connectivity index (χ1v) is 6.94. The van der Waals surface area contributed by atoms with E-state index >= 15 is 0 Å². The van der Waals surface area contributed by atoms with Crippen molar-refractivity contribution >= 4 is 24.0 Å². The van der Waals surface area contributed by atoms with Crippen LogP contribution in [0.2, 0.25) is 0 Å². The maximum Gasteiger partial charge on any atom is 0.228 e. The summed E-state index contributed by atoms with van der Waals surface area (Å²) in [6.07, 6.45) is 5.53. The molecule has 3 rings (SSSR count). The molecule has 112 valence electrons. The first kappa shape index (κ1) is 15.5. The predicted octanol–water partition coefficient (Wildman–Crippen LogP) is 2.23. The number of nitrogens with zero attached hydrogens (tertiary/aromatic N) is 2. The fraction of sp³-hybridized carbons (Fsp3) is 0.333. The third kappa shape index (κ3) is 3.83. The van der Waals surface area contributed by atoms with Crippen LogP contribution >= 0.6 is 12.4 Å². The smallest absolute Gasteiger partial charge is 0.228 e. The SMILES string of the molecule is Cl.O=C(Nc1cnn(-c2ccccc2)c1)C1CCCNC1. The molecule has 2 aromatic rings. The van der Waals surface area contributed by atoms with Gasteiger partial charge in [-0.2, -0.15) is 5.10 Å². The number of hydrogen-bond donors (Lipinski definition) is 2. The molecule has 2 heterocycles. The summed E-state index contributed by atoms with van der Waals surface area (Å²) in [6, 6.07) is 9.84. The zero-order valence-corrected chi connectivity index (χ0v) is 12.5. The van der Waals surface area contributed by atoms with Gasteiger partial charge >= 0.3 is 0 Å². The molecule has 1 aromatic heterocycles. The third-order valence-corrected chi connectivity index (χ3v) is 3.54. The van der Waals surface area contributed by atoms with E-state index < -0.39 is 0 Å². The highest BCUT2D eigenvalue weighted by Gasteiger charge is 2.21. The fourth-order valence-corrected chi connectivity index (χ4v) is 2.43. The molecule has 6 heteroatoms. The second-order valence-electron chi connectivity index (χ2n) is 5.04. The average Bonchev–Trinajstić information content (AvgIpc) is 2.97. The van der Waals surface area contributed by atoms with Crippen LogP contribution in [0.1, 0.15) is 12.8 Å². The van der Waals surface area contributed by atoms with Gasteiger partial charge < -0.3 is 10.6 Å². The number of carbonyl (C=O) groups is 1. The number of carbonyl (C=O) groups excluding carboxylic acids is 1. The summed E-state index contributed by atoms with van der Waals surface area (Å²) >= 11 is 0. The van der Waals surface area contributed by atoms with Gasteiger partial charge in [-0.05, 0) is 31.5 Å². The molecule has 1 fully saturated rings. The maximum atomic E-state index is 12.1. The average molecular weight is 307 g/mol. The van der Waals surface area contributed by atoms with Crippen molar-refractivity contribution in [2.75, 3.05) is 18.4 Å². The molecule has 21 heavy (non-hydrogen) atoms. The van der Waals surface area contributed by atoms with Crippen molar-refractivity contribution in [2.24, 2.45) is 5.92 Å². The molecule has 1 aromatic carbocycles. The third-order valence-electron chi connectivity index (χ3n) is 3.54. The molecule has 1 aliphatic heterocycles. The highest BCUT2D eigenvalue weighted by Crippen LogP contribution is 2.15. The number of nitrogens with one attached hydrogen (secondary N) is 2. The minimum atomic E-state index is 0. The van der Waals surface area contributed by atoms with E-state index in [9.17, 15) is 4.79 Å². The lowest BCUT2D eigenvalue weighted by Gasteiger charge is -2.21. The lowest BCUT2D eigenvalue weighted by Crippen LogP contribution is -2.37. The van der Waals surface area contributed by atoms with Crippen LogP contribution in [0.3, 0.4) is 0 Å². The molecule has 2 N–H and O–H groups in total. The van der Waals surface area contributed by atoms with Gasteiger partial charge in [0.15, 0.2) is 0 Å². The lowest BCUT2D eigenvalue weighted by atomic mass is 9.99. The van der Waals surface area contributed by atoms with E-state index in [0.29, 0.717) is 0 Å². The normalized spacial score (nSPS) is 17.8. The number of hydrogen-bond acceptors (Lipinski definition) is 3. The standard InChI is InChI=1S/C15H18N4O.ClH/c20-15(12-5-4-8-16-9-12)18-13-10-17-19(11-13)14-6-2-1-3-7-14;/h1-3,6-7,10-12,16H,4-5,8-9H2,(H,18,20);1H. The molecule has 1 unspecified atom stereocenters. The number of benzene rings is 1. The molecule has 1 amide bonds. The van der Waals surface area contributed by atoms with Crippen LogP contribution in [0.4, 0.5) is 5.69 Å². The Bertz CT molecular complexity index is 578. The molecule has 0 aliphatic carbocycles. The second-order valence-corrected chi connectivity index (χ2v) is 5.04. The summed E-state index contributed by atoms with van der Waals surface area (Å²) in [5, 5.41) is 10.5. The summed E-state index contributed by atoms with van der Waals surface area (Å²) in [5.74, 6) is 0.133. The van der Waals surface area contributed by atoms with Gasteiger partial charge in [0.25, 0.3) is 0 Å². The van der Waals surface area contributed by atoms with Crippen LogP contribution in [0.15, 0.2) is 42.7 Å². The molecule has 5 nitrogen and oxygen atoms in total. The summed E-state index contributed by atoms with van der Waals surface area (Å²) in [7, 11) is 0. The Kier molecular flexibility index (Phi) is 5.36. The topological polar surface area (TPSA) is 59.0 Å². The summed E-state index contributed by atoms with van der Waals surface area (Å²) in [5.41, 5.74) is 1.72. The largest absolute Gasteiger partial charge is 0.323 e.